The summed E-state index contributed by atoms with van der Waals surface area (Å²) in [5, 5.41) is 3.49. The third kappa shape index (κ3) is 4.95. The third-order valence-electron chi connectivity index (χ3n) is 3.31. The Hall–Kier alpha value is -0.800. The molecule has 1 aromatic carbocycles. The maximum Gasteiger partial charge on any atom is 0.134 e. The van der Waals surface area contributed by atoms with Gasteiger partial charge in [0.2, 0.25) is 0 Å². The Labute approximate surface area is 130 Å². The van der Waals surface area contributed by atoms with Crippen molar-refractivity contribution in [2.75, 3.05) is 0 Å². The average molecular weight is 338 g/mol. The van der Waals surface area contributed by atoms with Gasteiger partial charge in [-0.1, -0.05) is 12.1 Å². The van der Waals surface area contributed by atoms with Crippen molar-refractivity contribution in [1.82, 2.24) is 5.32 Å². The van der Waals surface area contributed by atoms with Crippen LogP contribution in [0.5, 0.6) is 5.75 Å². The Morgan fingerprint density at radius 2 is 2.15 bits per heavy atom. The number of hydrogen-bond acceptors (Lipinski definition) is 2. The quantitative estimate of drug-likeness (QED) is 0.795. The molecule has 2 nitrogen and oxygen atoms in total. The van der Waals surface area contributed by atoms with Gasteiger partial charge in [0.1, 0.15) is 11.9 Å². The molecule has 2 rings (SSSR count). The predicted molar refractivity (Wildman–Crippen MR) is 88.1 cm³/mol. The summed E-state index contributed by atoms with van der Waals surface area (Å²) in [6.45, 7) is 7.39. The Kier molecular flexibility index (Phi) is 5.28. The fourth-order valence-electron chi connectivity index (χ4n) is 2.16. The second-order valence-corrected chi connectivity index (χ2v) is 7.24. The first-order valence-electron chi connectivity index (χ1n) is 7.31. The minimum absolute atomic E-state index is 0.133. The van der Waals surface area contributed by atoms with Crippen molar-refractivity contribution in [3.63, 3.8) is 0 Å². The van der Waals surface area contributed by atoms with E-state index in [2.05, 4.69) is 72.4 Å². The van der Waals surface area contributed by atoms with Crippen molar-refractivity contribution in [3.8, 4) is 5.75 Å². The number of ether oxygens (including phenoxy) is 1. The maximum absolute atomic E-state index is 6.03. The second-order valence-electron chi connectivity index (χ2n) is 6.38. The molecule has 0 amide bonds. The van der Waals surface area contributed by atoms with Gasteiger partial charge < -0.3 is 10.1 Å². The molecule has 0 radical (unpaired) electrons. The summed E-state index contributed by atoms with van der Waals surface area (Å²) in [5.74, 6) is 0.932. The molecule has 1 N–H and O–H groups in total. The van der Waals surface area contributed by atoms with Crippen molar-refractivity contribution >= 4 is 15.9 Å². The smallest absolute Gasteiger partial charge is 0.134 e. The van der Waals surface area contributed by atoms with Crippen LogP contribution in [0.3, 0.4) is 0 Å². The lowest BCUT2D eigenvalue weighted by Gasteiger charge is -2.22. The first-order valence-corrected chi connectivity index (χ1v) is 8.10. The zero-order valence-electron chi connectivity index (χ0n) is 12.6. The minimum Gasteiger partial charge on any atom is -0.485 e. The molecule has 0 aromatic heterocycles. The Morgan fingerprint density at radius 3 is 2.75 bits per heavy atom. The number of benzene rings is 1. The molecule has 0 fully saturated rings. The molecule has 20 heavy (non-hydrogen) atoms. The van der Waals surface area contributed by atoms with Crippen molar-refractivity contribution < 1.29 is 4.74 Å². The monoisotopic (exact) mass is 337 g/mol. The van der Waals surface area contributed by atoms with Crippen molar-refractivity contribution in [2.45, 2.75) is 58.2 Å². The van der Waals surface area contributed by atoms with E-state index < -0.39 is 0 Å². The van der Waals surface area contributed by atoms with E-state index in [-0.39, 0.29) is 11.6 Å². The molecule has 110 valence electrons. The van der Waals surface area contributed by atoms with Crippen LogP contribution in [-0.4, -0.2) is 11.6 Å². The van der Waals surface area contributed by atoms with E-state index >= 15 is 0 Å². The molecule has 3 heteroatoms. The first-order chi connectivity index (χ1) is 9.44. The van der Waals surface area contributed by atoms with Gasteiger partial charge in [0.15, 0.2) is 0 Å². The number of nitrogens with one attached hydrogen (secondary N) is 1. The maximum atomic E-state index is 6.03. The average Bonchev–Trinajstić information content (AvgIpc) is 2.40. The van der Waals surface area contributed by atoms with Crippen molar-refractivity contribution in [3.05, 3.63) is 40.4 Å². The summed E-state index contributed by atoms with van der Waals surface area (Å²) in [6, 6.07) is 6.33. The molecular weight excluding hydrogens is 314 g/mol. The lowest BCUT2D eigenvalue weighted by molar-refractivity contribution is 0.228. The molecule has 0 saturated carbocycles. The van der Waals surface area contributed by atoms with Crippen LogP contribution in [0.25, 0.3) is 0 Å². The van der Waals surface area contributed by atoms with Crippen LogP contribution >= 0.6 is 15.9 Å². The zero-order chi connectivity index (χ0) is 14.6. The van der Waals surface area contributed by atoms with Gasteiger partial charge in [-0.3, -0.25) is 0 Å². The van der Waals surface area contributed by atoms with Crippen LogP contribution in [0.2, 0.25) is 0 Å². The summed E-state index contributed by atoms with van der Waals surface area (Å²) in [6.07, 6.45) is 8.11. The minimum atomic E-state index is 0.133. The second kappa shape index (κ2) is 6.77. The van der Waals surface area contributed by atoms with E-state index in [1.165, 1.54) is 18.4 Å². The molecule has 1 aliphatic rings. The highest BCUT2D eigenvalue weighted by Crippen LogP contribution is 2.29. The van der Waals surface area contributed by atoms with E-state index in [1.807, 2.05) is 0 Å². The van der Waals surface area contributed by atoms with Gasteiger partial charge in [-0.25, -0.2) is 0 Å². The number of hydrogen-bond donors (Lipinski definition) is 1. The molecule has 0 spiro atoms. The van der Waals surface area contributed by atoms with Crippen molar-refractivity contribution in [2.24, 2.45) is 0 Å². The SMILES string of the molecule is CC(C)(C)NCc1ccc(OC2C=CCCC2)c(Br)c1. The van der Waals surface area contributed by atoms with Gasteiger partial charge >= 0.3 is 0 Å². The molecule has 1 aliphatic carbocycles. The number of rotatable bonds is 4. The molecule has 0 aliphatic heterocycles. The van der Waals surface area contributed by atoms with Crippen LogP contribution in [0.1, 0.15) is 45.6 Å². The molecule has 0 saturated heterocycles. The topological polar surface area (TPSA) is 21.3 Å². The summed E-state index contributed by atoms with van der Waals surface area (Å²) in [7, 11) is 0. The fraction of sp³-hybridized carbons (Fsp3) is 0.529. The summed E-state index contributed by atoms with van der Waals surface area (Å²) >= 11 is 3.62. The highest BCUT2D eigenvalue weighted by molar-refractivity contribution is 9.10. The van der Waals surface area contributed by atoms with Crippen LogP contribution in [0.4, 0.5) is 0 Å². The fourth-order valence-corrected chi connectivity index (χ4v) is 2.68. The van der Waals surface area contributed by atoms with E-state index in [4.69, 9.17) is 4.74 Å². The summed E-state index contributed by atoms with van der Waals surface area (Å²) in [4.78, 5) is 0. The van der Waals surface area contributed by atoms with Crippen LogP contribution in [-0.2, 0) is 6.54 Å². The number of allylic oxidation sites excluding steroid dienone is 1. The summed E-state index contributed by atoms with van der Waals surface area (Å²) < 4.78 is 7.06. The third-order valence-corrected chi connectivity index (χ3v) is 3.93. The lowest BCUT2D eigenvalue weighted by atomic mass is 10.1. The van der Waals surface area contributed by atoms with Crippen LogP contribution in [0.15, 0.2) is 34.8 Å². The van der Waals surface area contributed by atoms with Crippen LogP contribution in [0, 0.1) is 0 Å². The van der Waals surface area contributed by atoms with E-state index in [1.54, 1.807) is 0 Å². The van der Waals surface area contributed by atoms with E-state index in [0.29, 0.717) is 0 Å². The normalized spacial score (nSPS) is 19.1. The molecule has 1 unspecified atom stereocenters. The highest BCUT2D eigenvalue weighted by atomic mass is 79.9. The van der Waals surface area contributed by atoms with Crippen molar-refractivity contribution in [1.29, 1.82) is 0 Å². The molecule has 0 bridgehead atoms. The van der Waals surface area contributed by atoms with Gasteiger partial charge in [-0.05, 0) is 79.7 Å². The van der Waals surface area contributed by atoms with Gasteiger partial charge in [-0.15, -0.1) is 0 Å². The lowest BCUT2D eigenvalue weighted by Crippen LogP contribution is -2.35. The molecule has 1 atom stereocenters. The summed E-state index contributed by atoms with van der Waals surface area (Å²) in [5.41, 5.74) is 1.40. The van der Waals surface area contributed by atoms with E-state index in [0.717, 1.165) is 23.2 Å². The largest absolute Gasteiger partial charge is 0.485 e. The molecular formula is C17H24BrNO. The number of halogens is 1. The van der Waals surface area contributed by atoms with Crippen LogP contribution < -0.4 is 10.1 Å². The standard InChI is InChI=1S/C17H24BrNO/c1-17(2,3)19-12-13-9-10-16(15(18)11-13)20-14-7-5-4-6-8-14/h5,7,9-11,14,19H,4,6,8,12H2,1-3H3. The van der Waals surface area contributed by atoms with Gasteiger partial charge in [0.25, 0.3) is 0 Å². The first kappa shape index (κ1) is 15.6. The zero-order valence-corrected chi connectivity index (χ0v) is 14.2. The molecule has 0 heterocycles. The van der Waals surface area contributed by atoms with E-state index in [9.17, 15) is 0 Å². The van der Waals surface area contributed by atoms with Gasteiger partial charge in [0, 0.05) is 12.1 Å². The Bertz CT molecular complexity index is 476. The molecule has 1 aromatic rings. The predicted octanol–water partition coefficient (Wildman–Crippen LogP) is 4.82. The highest BCUT2D eigenvalue weighted by Gasteiger charge is 2.13. The Morgan fingerprint density at radius 1 is 1.35 bits per heavy atom. The Balaban J connectivity index is 1.98. The van der Waals surface area contributed by atoms with Gasteiger partial charge in [0.05, 0.1) is 4.47 Å². The van der Waals surface area contributed by atoms with Gasteiger partial charge in [-0.2, -0.15) is 0 Å².